The molecule has 0 spiro atoms. The predicted molar refractivity (Wildman–Crippen MR) is 239 cm³/mol. The Morgan fingerprint density at radius 1 is 0.439 bits per heavy atom. The van der Waals surface area contributed by atoms with Gasteiger partial charge in [-0.05, 0) is 159 Å². The Kier molecular flexibility index (Phi) is 18.5. The van der Waals surface area contributed by atoms with E-state index in [0.29, 0.717) is 23.7 Å². The van der Waals surface area contributed by atoms with E-state index in [0.717, 1.165) is 73.6 Å². The molecule has 0 aromatic heterocycles. The monoisotopic (exact) mass is 767 g/mol. The molecule has 302 valence electrons. The number of hydrogen-bond donors (Lipinski definition) is 0. The molecule has 2 aliphatic carbocycles. The molecule has 2 saturated carbocycles. The molecule has 4 aromatic rings. The Morgan fingerprint density at radius 3 is 1.21 bits per heavy atom. The lowest BCUT2D eigenvalue weighted by molar-refractivity contribution is 0.384. The zero-order chi connectivity index (χ0) is 40.2. The standard InChI is InChI=1S/C28H35F.C27H33F/c1-3-5-6-8-22-11-16-25(17-12-22)26-18-13-23(14-19-26)9-10-24-15-20-27(7-4-2)28(29)21-24;1-3-5-7-21-10-15-24(16-11-21)25-17-12-22(13-18-25)8-9-23-14-19-26(6-4-2)27(28)20-23/h11-12,15-17,20-21,23,26H,3-8,13-14,18-19H2,1-2H3;10-11,14-16,19-20,22,25H,3-7,12-13,17-18H2,1-2H3/t23-,26-;22-,25-. The second kappa shape index (κ2) is 23.9. The van der Waals surface area contributed by atoms with Crippen molar-refractivity contribution in [2.45, 2.75) is 162 Å². The van der Waals surface area contributed by atoms with E-state index in [9.17, 15) is 8.78 Å². The lowest BCUT2D eigenvalue weighted by Crippen LogP contribution is -2.12. The minimum atomic E-state index is -0.111. The topological polar surface area (TPSA) is 0 Å². The molecule has 0 N–H and O–H groups in total. The third kappa shape index (κ3) is 14.3. The third-order valence-corrected chi connectivity index (χ3v) is 12.2. The molecular formula is C55H68F2. The number of aryl methyl sites for hydroxylation is 4. The second-order valence-corrected chi connectivity index (χ2v) is 16.8. The lowest BCUT2D eigenvalue weighted by Gasteiger charge is -2.26. The Morgan fingerprint density at radius 2 is 0.842 bits per heavy atom. The first-order valence-electron chi connectivity index (χ1n) is 22.7. The van der Waals surface area contributed by atoms with Gasteiger partial charge in [-0.3, -0.25) is 0 Å². The molecule has 4 aromatic carbocycles. The van der Waals surface area contributed by atoms with Gasteiger partial charge in [-0.2, -0.15) is 0 Å². The highest BCUT2D eigenvalue weighted by atomic mass is 19.1. The fourth-order valence-electron chi connectivity index (χ4n) is 8.58. The summed E-state index contributed by atoms with van der Waals surface area (Å²) in [6, 6.07) is 29.6. The van der Waals surface area contributed by atoms with Crippen LogP contribution in [-0.2, 0) is 25.7 Å². The van der Waals surface area contributed by atoms with Crippen molar-refractivity contribution >= 4 is 0 Å². The fraction of sp³-hybridized carbons (Fsp3) is 0.491. The van der Waals surface area contributed by atoms with Crippen molar-refractivity contribution in [3.63, 3.8) is 0 Å². The van der Waals surface area contributed by atoms with Crippen LogP contribution in [0.15, 0.2) is 84.9 Å². The summed E-state index contributed by atoms with van der Waals surface area (Å²) in [6.45, 7) is 8.65. The van der Waals surface area contributed by atoms with E-state index in [1.165, 1.54) is 92.9 Å². The van der Waals surface area contributed by atoms with E-state index in [1.54, 1.807) is 12.1 Å². The number of rotatable bonds is 13. The summed E-state index contributed by atoms with van der Waals surface area (Å²) in [6.07, 6.45) is 21.7. The molecule has 6 rings (SSSR count). The molecule has 0 aliphatic heterocycles. The summed E-state index contributed by atoms with van der Waals surface area (Å²) in [4.78, 5) is 0. The second-order valence-electron chi connectivity index (χ2n) is 16.8. The first-order chi connectivity index (χ1) is 27.9. The van der Waals surface area contributed by atoms with Gasteiger partial charge in [0.05, 0.1) is 0 Å². The van der Waals surface area contributed by atoms with Gasteiger partial charge < -0.3 is 0 Å². The van der Waals surface area contributed by atoms with Gasteiger partial charge in [-0.25, -0.2) is 8.78 Å². The summed E-state index contributed by atoms with van der Waals surface area (Å²) in [5.74, 6) is 15.3. The molecule has 0 heterocycles. The number of benzene rings is 4. The lowest BCUT2D eigenvalue weighted by atomic mass is 9.78. The molecule has 0 nitrogen and oxygen atoms in total. The smallest absolute Gasteiger partial charge is 0.127 e. The maximum Gasteiger partial charge on any atom is 0.127 e. The highest BCUT2D eigenvalue weighted by Crippen LogP contribution is 2.37. The van der Waals surface area contributed by atoms with Crippen LogP contribution in [0.5, 0.6) is 0 Å². The van der Waals surface area contributed by atoms with E-state index in [1.807, 2.05) is 24.3 Å². The van der Waals surface area contributed by atoms with Crippen molar-refractivity contribution in [1.82, 2.24) is 0 Å². The molecule has 0 bridgehead atoms. The van der Waals surface area contributed by atoms with Crippen molar-refractivity contribution < 1.29 is 8.78 Å². The van der Waals surface area contributed by atoms with Crippen molar-refractivity contribution in [2.24, 2.45) is 11.8 Å². The fourth-order valence-corrected chi connectivity index (χ4v) is 8.58. The van der Waals surface area contributed by atoms with Crippen molar-refractivity contribution in [3.8, 4) is 23.7 Å². The average Bonchev–Trinajstić information content (AvgIpc) is 3.24. The largest absolute Gasteiger partial charge is 0.207 e. The minimum absolute atomic E-state index is 0.111. The van der Waals surface area contributed by atoms with Crippen molar-refractivity contribution in [3.05, 3.63) is 141 Å². The first kappa shape index (κ1) is 44.0. The first-order valence-corrected chi connectivity index (χ1v) is 22.7. The van der Waals surface area contributed by atoms with Gasteiger partial charge in [0.25, 0.3) is 0 Å². The van der Waals surface area contributed by atoms with Gasteiger partial charge in [-0.15, -0.1) is 0 Å². The normalized spacial score (nSPS) is 19.0. The maximum absolute atomic E-state index is 14.1. The van der Waals surface area contributed by atoms with Gasteiger partial charge in [0, 0.05) is 23.0 Å². The quantitative estimate of drug-likeness (QED) is 0.0939. The van der Waals surface area contributed by atoms with E-state index in [4.69, 9.17) is 0 Å². The van der Waals surface area contributed by atoms with Gasteiger partial charge in [-0.1, -0.05) is 144 Å². The summed E-state index contributed by atoms with van der Waals surface area (Å²) in [5.41, 5.74) is 9.13. The van der Waals surface area contributed by atoms with Crippen molar-refractivity contribution in [2.75, 3.05) is 0 Å². The molecule has 2 aliphatic rings. The van der Waals surface area contributed by atoms with Crippen LogP contribution in [-0.4, -0.2) is 0 Å². The van der Waals surface area contributed by atoms with Crippen LogP contribution in [0.3, 0.4) is 0 Å². The van der Waals surface area contributed by atoms with Crippen LogP contribution < -0.4 is 0 Å². The van der Waals surface area contributed by atoms with Crippen LogP contribution in [0.2, 0.25) is 0 Å². The van der Waals surface area contributed by atoms with Gasteiger partial charge in [0.15, 0.2) is 0 Å². The molecular weight excluding hydrogens is 699 g/mol. The highest BCUT2D eigenvalue weighted by molar-refractivity contribution is 5.39. The van der Waals surface area contributed by atoms with Crippen LogP contribution >= 0.6 is 0 Å². The summed E-state index contributed by atoms with van der Waals surface area (Å²) >= 11 is 0. The molecule has 57 heavy (non-hydrogen) atoms. The molecule has 0 radical (unpaired) electrons. The Balaban J connectivity index is 0.000000218. The van der Waals surface area contributed by atoms with Gasteiger partial charge in [0.1, 0.15) is 11.6 Å². The van der Waals surface area contributed by atoms with Crippen LogP contribution in [0.4, 0.5) is 8.78 Å². The van der Waals surface area contributed by atoms with Crippen LogP contribution in [0, 0.1) is 47.2 Å². The van der Waals surface area contributed by atoms with Gasteiger partial charge >= 0.3 is 0 Å². The Hall–Kier alpha value is -4.14. The molecule has 0 unspecified atom stereocenters. The highest BCUT2D eigenvalue weighted by Gasteiger charge is 2.22. The van der Waals surface area contributed by atoms with Crippen LogP contribution in [0.25, 0.3) is 0 Å². The average molecular weight is 767 g/mol. The van der Waals surface area contributed by atoms with Crippen LogP contribution in [0.1, 0.15) is 180 Å². The number of hydrogen-bond acceptors (Lipinski definition) is 0. The SMILES string of the molecule is CCCCCc1ccc([C@H]2CC[C@H](C#Cc3ccc(CCC)c(F)c3)CC2)cc1.CCCCc1ccc([C@H]2CC[C@H](C#Cc3ccc(CCC)c(F)c3)CC2)cc1. The molecule has 0 saturated heterocycles. The zero-order valence-corrected chi connectivity index (χ0v) is 35.6. The van der Waals surface area contributed by atoms with Crippen molar-refractivity contribution in [1.29, 1.82) is 0 Å². The van der Waals surface area contributed by atoms with E-state index in [2.05, 4.69) is 99.9 Å². The number of unbranched alkanes of at least 4 members (excludes halogenated alkanes) is 3. The summed E-state index contributed by atoms with van der Waals surface area (Å²) < 4.78 is 28.2. The molecule has 2 fully saturated rings. The minimum Gasteiger partial charge on any atom is -0.207 e. The zero-order valence-electron chi connectivity index (χ0n) is 35.6. The van der Waals surface area contributed by atoms with E-state index >= 15 is 0 Å². The molecule has 0 atom stereocenters. The van der Waals surface area contributed by atoms with E-state index in [-0.39, 0.29) is 11.6 Å². The predicted octanol–water partition coefficient (Wildman–Crippen LogP) is 15.3. The molecule has 0 amide bonds. The Labute approximate surface area is 345 Å². The van der Waals surface area contributed by atoms with E-state index < -0.39 is 0 Å². The summed E-state index contributed by atoms with van der Waals surface area (Å²) in [5, 5.41) is 0. The van der Waals surface area contributed by atoms with Gasteiger partial charge in [0.2, 0.25) is 0 Å². The molecule has 2 heteroatoms. The number of halogens is 2. The third-order valence-electron chi connectivity index (χ3n) is 12.2. The maximum atomic E-state index is 14.1. The Bertz CT molecular complexity index is 1900. The summed E-state index contributed by atoms with van der Waals surface area (Å²) in [7, 11) is 0.